The lowest BCUT2D eigenvalue weighted by molar-refractivity contribution is 0.117. The Balaban J connectivity index is 1.95. The van der Waals surface area contributed by atoms with Gasteiger partial charge in [0.15, 0.2) is 0 Å². The van der Waals surface area contributed by atoms with E-state index in [4.69, 9.17) is 10.6 Å². The molecule has 4 nitrogen and oxygen atoms in total. The molecule has 1 aliphatic heterocycles. The summed E-state index contributed by atoms with van der Waals surface area (Å²) in [6.07, 6.45) is 2.33. The Morgan fingerprint density at radius 3 is 3.06 bits per heavy atom. The largest absolute Gasteiger partial charge is 0.378 e. The smallest absolute Gasteiger partial charge is 0.0897 e. The zero-order valence-corrected chi connectivity index (χ0v) is 10.6. The van der Waals surface area contributed by atoms with Gasteiger partial charge in [0.25, 0.3) is 0 Å². The highest BCUT2D eigenvalue weighted by molar-refractivity contribution is 7.09. The van der Waals surface area contributed by atoms with E-state index in [9.17, 15) is 0 Å². The van der Waals surface area contributed by atoms with Crippen LogP contribution in [-0.4, -0.2) is 23.7 Å². The first kappa shape index (κ1) is 12.0. The first-order valence-corrected chi connectivity index (χ1v) is 6.55. The van der Waals surface area contributed by atoms with Gasteiger partial charge in [0, 0.05) is 23.8 Å². The SMILES string of the molecule is Cc1nc(CC(NN)C2COC(C)C2)cs1. The second-order valence-electron chi connectivity index (χ2n) is 4.47. The molecule has 0 aliphatic carbocycles. The van der Waals surface area contributed by atoms with Crippen LogP contribution < -0.4 is 11.3 Å². The lowest BCUT2D eigenvalue weighted by Crippen LogP contribution is -2.42. The van der Waals surface area contributed by atoms with E-state index < -0.39 is 0 Å². The highest BCUT2D eigenvalue weighted by atomic mass is 32.1. The maximum Gasteiger partial charge on any atom is 0.0897 e. The van der Waals surface area contributed by atoms with Crippen LogP contribution in [0, 0.1) is 12.8 Å². The number of aryl methyl sites for hydroxylation is 1. The molecule has 1 aromatic heterocycles. The van der Waals surface area contributed by atoms with Crippen molar-refractivity contribution in [3.05, 3.63) is 16.1 Å². The Kier molecular flexibility index (Phi) is 3.91. The van der Waals surface area contributed by atoms with E-state index in [0.717, 1.165) is 30.2 Å². The molecule has 3 unspecified atom stereocenters. The van der Waals surface area contributed by atoms with Crippen LogP contribution in [0.3, 0.4) is 0 Å². The van der Waals surface area contributed by atoms with Crippen molar-refractivity contribution >= 4 is 11.3 Å². The van der Waals surface area contributed by atoms with Crippen LogP contribution >= 0.6 is 11.3 Å². The molecule has 0 bridgehead atoms. The molecule has 1 saturated heterocycles. The highest BCUT2D eigenvalue weighted by Gasteiger charge is 2.29. The quantitative estimate of drug-likeness (QED) is 0.615. The number of nitrogens with one attached hydrogen (secondary N) is 1. The number of thiazole rings is 1. The third-order valence-electron chi connectivity index (χ3n) is 3.11. The molecular formula is C11H19N3OS. The van der Waals surface area contributed by atoms with E-state index in [2.05, 4.69) is 22.7 Å². The van der Waals surface area contributed by atoms with Gasteiger partial charge in [-0.3, -0.25) is 11.3 Å². The topological polar surface area (TPSA) is 60.2 Å². The molecule has 3 N–H and O–H groups in total. The predicted molar refractivity (Wildman–Crippen MR) is 65.2 cm³/mol. The first-order valence-electron chi connectivity index (χ1n) is 5.67. The van der Waals surface area contributed by atoms with Gasteiger partial charge in [-0.1, -0.05) is 0 Å². The fourth-order valence-corrected chi connectivity index (χ4v) is 2.85. The predicted octanol–water partition coefficient (Wildman–Crippen LogP) is 1.25. The fourth-order valence-electron chi connectivity index (χ4n) is 2.22. The summed E-state index contributed by atoms with van der Waals surface area (Å²) in [7, 11) is 0. The number of ether oxygens (including phenoxy) is 1. The van der Waals surface area contributed by atoms with Crippen molar-refractivity contribution in [3.63, 3.8) is 0 Å². The van der Waals surface area contributed by atoms with Crippen molar-refractivity contribution in [3.8, 4) is 0 Å². The summed E-state index contributed by atoms with van der Waals surface area (Å²) in [4.78, 5) is 4.47. The number of aromatic nitrogens is 1. The highest BCUT2D eigenvalue weighted by Crippen LogP contribution is 2.24. The van der Waals surface area contributed by atoms with Crippen molar-refractivity contribution in [2.24, 2.45) is 11.8 Å². The molecule has 3 atom stereocenters. The van der Waals surface area contributed by atoms with Crippen LogP contribution in [0.4, 0.5) is 0 Å². The Bertz CT molecular complexity index is 342. The summed E-state index contributed by atoms with van der Waals surface area (Å²) >= 11 is 1.69. The minimum absolute atomic E-state index is 0.270. The molecule has 2 heterocycles. The molecule has 0 spiro atoms. The Hall–Kier alpha value is -0.490. The van der Waals surface area contributed by atoms with Crippen LogP contribution in [0.2, 0.25) is 0 Å². The van der Waals surface area contributed by atoms with Gasteiger partial charge in [-0.15, -0.1) is 11.3 Å². The summed E-state index contributed by atoms with van der Waals surface area (Å²) in [5.74, 6) is 6.12. The monoisotopic (exact) mass is 241 g/mol. The third-order valence-corrected chi connectivity index (χ3v) is 3.93. The third kappa shape index (κ3) is 2.79. The maximum atomic E-state index is 5.62. The number of hydrogen-bond donors (Lipinski definition) is 2. The van der Waals surface area contributed by atoms with E-state index in [0.29, 0.717) is 12.0 Å². The molecule has 0 radical (unpaired) electrons. The molecule has 1 fully saturated rings. The molecular weight excluding hydrogens is 222 g/mol. The van der Waals surface area contributed by atoms with Gasteiger partial charge >= 0.3 is 0 Å². The zero-order valence-electron chi connectivity index (χ0n) is 9.77. The summed E-state index contributed by atoms with van der Waals surface area (Å²) in [6.45, 7) is 4.94. The van der Waals surface area contributed by atoms with Crippen molar-refractivity contribution in [2.75, 3.05) is 6.61 Å². The first-order chi connectivity index (χ1) is 7.69. The van der Waals surface area contributed by atoms with Crippen molar-refractivity contribution in [1.29, 1.82) is 0 Å². The Morgan fingerprint density at radius 1 is 1.75 bits per heavy atom. The standard InChI is InChI=1S/C11H19N3OS/c1-7-3-9(5-15-7)11(14-12)4-10-6-16-8(2)13-10/h6-7,9,11,14H,3-5,12H2,1-2H3. The fraction of sp³-hybridized carbons (Fsp3) is 0.727. The lowest BCUT2D eigenvalue weighted by atomic mass is 9.94. The second kappa shape index (κ2) is 5.23. The molecule has 0 saturated carbocycles. The summed E-state index contributed by atoms with van der Waals surface area (Å²) in [5.41, 5.74) is 4.04. The van der Waals surface area contributed by atoms with Gasteiger partial charge in [0.05, 0.1) is 23.4 Å². The minimum atomic E-state index is 0.270. The van der Waals surface area contributed by atoms with Crippen molar-refractivity contribution < 1.29 is 4.74 Å². The minimum Gasteiger partial charge on any atom is -0.378 e. The summed E-state index contributed by atoms with van der Waals surface area (Å²) in [5, 5.41) is 3.22. The zero-order chi connectivity index (χ0) is 11.5. The number of nitrogens with two attached hydrogens (primary N) is 1. The van der Waals surface area contributed by atoms with E-state index in [1.807, 2.05) is 6.92 Å². The van der Waals surface area contributed by atoms with E-state index in [1.54, 1.807) is 11.3 Å². The van der Waals surface area contributed by atoms with Crippen LogP contribution in [0.1, 0.15) is 24.0 Å². The molecule has 1 aromatic rings. The van der Waals surface area contributed by atoms with Crippen LogP contribution in [-0.2, 0) is 11.2 Å². The molecule has 16 heavy (non-hydrogen) atoms. The van der Waals surface area contributed by atoms with Gasteiger partial charge in [-0.2, -0.15) is 0 Å². The summed E-state index contributed by atoms with van der Waals surface area (Å²) in [6, 6.07) is 0.270. The van der Waals surface area contributed by atoms with E-state index in [1.165, 1.54) is 0 Å². The molecule has 0 amide bonds. The molecule has 90 valence electrons. The van der Waals surface area contributed by atoms with Crippen molar-refractivity contribution in [1.82, 2.24) is 10.4 Å². The summed E-state index contributed by atoms with van der Waals surface area (Å²) < 4.78 is 5.58. The normalized spacial score (nSPS) is 27.2. The molecule has 1 aliphatic rings. The van der Waals surface area contributed by atoms with Gasteiger partial charge in [-0.05, 0) is 20.3 Å². The Labute approximate surface area is 100 Å². The Morgan fingerprint density at radius 2 is 2.56 bits per heavy atom. The van der Waals surface area contributed by atoms with E-state index in [-0.39, 0.29) is 6.04 Å². The maximum absolute atomic E-state index is 5.62. The molecule has 2 rings (SSSR count). The molecule has 5 heteroatoms. The van der Waals surface area contributed by atoms with Crippen LogP contribution in [0.5, 0.6) is 0 Å². The number of rotatable bonds is 4. The van der Waals surface area contributed by atoms with Gasteiger partial charge in [0.2, 0.25) is 0 Å². The number of hydrazine groups is 1. The average Bonchev–Trinajstić information content (AvgIpc) is 2.84. The lowest BCUT2D eigenvalue weighted by Gasteiger charge is -2.20. The average molecular weight is 241 g/mol. The van der Waals surface area contributed by atoms with Gasteiger partial charge in [0.1, 0.15) is 0 Å². The van der Waals surface area contributed by atoms with Gasteiger partial charge in [-0.25, -0.2) is 4.98 Å². The number of nitrogens with zero attached hydrogens (tertiary/aromatic N) is 1. The second-order valence-corrected chi connectivity index (χ2v) is 5.54. The van der Waals surface area contributed by atoms with Crippen molar-refractivity contribution in [2.45, 2.75) is 38.8 Å². The van der Waals surface area contributed by atoms with E-state index >= 15 is 0 Å². The van der Waals surface area contributed by atoms with Crippen LogP contribution in [0.15, 0.2) is 5.38 Å². The molecule has 0 aromatic carbocycles. The van der Waals surface area contributed by atoms with Gasteiger partial charge < -0.3 is 4.74 Å². The number of hydrogen-bond acceptors (Lipinski definition) is 5. The van der Waals surface area contributed by atoms with Crippen LogP contribution in [0.25, 0.3) is 0 Å².